The molecule has 0 saturated carbocycles. The van der Waals surface area contributed by atoms with E-state index in [1.807, 2.05) is 42.2 Å². The van der Waals surface area contributed by atoms with Crippen LogP contribution in [0.3, 0.4) is 0 Å². The minimum atomic E-state index is 0. The van der Waals surface area contributed by atoms with Gasteiger partial charge in [0.2, 0.25) is 11.8 Å². The fraction of sp³-hybridized carbons (Fsp3) is 0.444. The Kier molecular flexibility index (Phi) is 7.93. The molecule has 1 aromatic carbocycles. The molecule has 2 aromatic rings. The third kappa shape index (κ3) is 4.75. The number of rotatable bonds is 3. The molecular formula is C18H25Cl2N3O2. The lowest BCUT2D eigenvalue weighted by molar-refractivity contribution is -0.134. The highest BCUT2D eigenvalue weighted by Crippen LogP contribution is 2.22. The van der Waals surface area contributed by atoms with Crippen molar-refractivity contribution in [1.82, 2.24) is 15.2 Å². The monoisotopic (exact) mass is 385 g/mol. The third-order valence-electron chi connectivity index (χ3n) is 4.59. The Balaban J connectivity index is 0.00000156. The Labute approximate surface area is 161 Å². The number of aromatic nitrogens is 1. The van der Waals surface area contributed by atoms with E-state index < -0.39 is 0 Å². The summed E-state index contributed by atoms with van der Waals surface area (Å²) in [5.41, 5.74) is 1.66. The molecule has 0 spiro atoms. The molecule has 3 rings (SSSR count). The van der Waals surface area contributed by atoms with Gasteiger partial charge in [0, 0.05) is 30.7 Å². The number of amides is 1. The van der Waals surface area contributed by atoms with Crippen LogP contribution >= 0.6 is 24.8 Å². The molecule has 2 unspecified atom stereocenters. The lowest BCUT2D eigenvalue weighted by Crippen LogP contribution is -2.57. The van der Waals surface area contributed by atoms with Crippen LogP contribution in [0.25, 0.3) is 11.5 Å². The lowest BCUT2D eigenvalue weighted by Gasteiger charge is -2.38. The molecule has 1 aliphatic rings. The Bertz CT molecular complexity index is 691. The molecule has 1 saturated heterocycles. The lowest BCUT2D eigenvalue weighted by atomic mass is 10.1. The largest absolute Gasteiger partial charge is 0.441 e. The van der Waals surface area contributed by atoms with Crippen LogP contribution in [-0.2, 0) is 11.2 Å². The van der Waals surface area contributed by atoms with E-state index in [9.17, 15) is 4.79 Å². The molecule has 138 valence electrons. The minimum absolute atomic E-state index is 0. The van der Waals surface area contributed by atoms with Crippen LogP contribution in [0.15, 0.2) is 34.7 Å². The average Bonchev–Trinajstić information content (AvgIpc) is 2.92. The zero-order chi connectivity index (χ0) is 16.4. The zero-order valence-electron chi connectivity index (χ0n) is 14.7. The predicted molar refractivity (Wildman–Crippen MR) is 104 cm³/mol. The molecule has 1 fully saturated rings. The van der Waals surface area contributed by atoms with Crippen molar-refractivity contribution >= 4 is 30.7 Å². The molecule has 2 heterocycles. The number of aryl methyl sites for hydroxylation is 1. The Hall–Kier alpha value is -1.56. The van der Waals surface area contributed by atoms with E-state index >= 15 is 0 Å². The Morgan fingerprint density at radius 3 is 2.64 bits per heavy atom. The smallest absolute Gasteiger partial charge is 0.229 e. The molecule has 1 amide bonds. The van der Waals surface area contributed by atoms with E-state index in [4.69, 9.17) is 4.42 Å². The highest BCUT2D eigenvalue weighted by atomic mass is 35.5. The molecule has 0 radical (unpaired) electrons. The van der Waals surface area contributed by atoms with Crippen molar-refractivity contribution in [3.05, 3.63) is 41.8 Å². The van der Waals surface area contributed by atoms with Crippen LogP contribution in [0.4, 0.5) is 0 Å². The molecule has 0 bridgehead atoms. The van der Waals surface area contributed by atoms with Crippen LogP contribution in [0.1, 0.15) is 25.3 Å². The third-order valence-corrected chi connectivity index (χ3v) is 4.59. The van der Waals surface area contributed by atoms with Crippen molar-refractivity contribution in [2.24, 2.45) is 0 Å². The van der Waals surface area contributed by atoms with Gasteiger partial charge in [-0.2, -0.15) is 0 Å². The maximum Gasteiger partial charge on any atom is 0.229 e. The Morgan fingerprint density at radius 2 is 1.96 bits per heavy atom. The van der Waals surface area contributed by atoms with Crippen molar-refractivity contribution in [1.29, 1.82) is 0 Å². The SMILES string of the molecule is Cc1oc(-c2ccccc2)nc1CC(=O)N1CCNC(C)C1C.Cl.Cl. The van der Waals surface area contributed by atoms with Gasteiger partial charge in [0.05, 0.1) is 12.1 Å². The van der Waals surface area contributed by atoms with Crippen molar-refractivity contribution in [2.45, 2.75) is 39.3 Å². The summed E-state index contributed by atoms with van der Waals surface area (Å²) < 4.78 is 5.74. The van der Waals surface area contributed by atoms with E-state index in [0.717, 1.165) is 24.3 Å². The fourth-order valence-corrected chi connectivity index (χ4v) is 2.95. The normalized spacial score (nSPS) is 19.7. The van der Waals surface area contributed by atoms with E-state index in [1.54, 1.807) is 0 Å². The molecule has 0 aliphatic carbocycles. The second kappa shape index (κ2) is 9.22. The molecular weight excluding hydrogens is 361 g/mol. The number of carbonyl (C=O) groups excluding carboxylic acids is 1. The quantitative estimate of drug-likeness (QED) is 0.880. The fourth-order valence-electron chi connectivity index (χ4n) is 2.95. The van der Waals surface area contributed by atoms with Crippen molar-refractivity contribution in [3.8, 4) is 11.5 Å². The molecule has 1 N–H and O–H groups in total. The summed E-state index contributed by atoms with van der Waals surface area (Å²) in [4.78, 5) is 19.1. The molecule has 2 atom stereocenters. The van der Waals surface area contributed by atoms with Crippen LogP contribution in [0.5, 0.6) is 0 Å². The number of hydrogen-bond acceptors (Lipinski definition) is 4. The molecule has 7 heteroatoms. The van der Waals surface area contributed by atoms with Gasteiger partial charge in [-0.3, -0.25) is 4.79 Å². The summed E-state index contributed by atoms with van der Waals surface area (Å²) in [6, 6.07) is 10.3. The molecule has 25 heavy (non-hydrogen) atoms. The van der Waals surface area contributed by atoms with Crippen LogP contribution in [0.2, 0.25) is 0 Å². The average molecular weight is 386 g/mol. The van der Waals surface area contributed by atoms with Gasteiger partial charge >= 0.3 is 0 Å². The molecule has 1 aliphatic heterocycles. The number of carbonyl (C=O) groups is 1. The van der Waals surface area contributed by atoms with E-state index in [2.05, 4.69) is 24.1 Å². The maximum absolute atomic E-state index is 12.6. The second-order valence-corrected chi connectivity index (χ2v) is 6.14. The highest BCUT2D eigenvalue weighted by Gasteiger charge is 2.29. The summed E-state index contributed by atoms with van der Waals surface area (Å²) in [6.45, 7) is 7.64. The maximum atomic E-state index is 12.6. The van der Waals surface area contributed by atoms with Crippen LogP contribution < -0.4 is 5.32 Å². The zero-order valence-corrected chi connectivity index (χ0v) is 16.3. The summed E-state index contributed by atoms with van der Waals surface area (Å²) in [5.74, 6) is 1.41. The minimum Gasteiger partial charge on any atom is -0.441 e. The number of piperazine rings is 1. The number of halogens is 2. The van der Waals surface area contributed by atoms with Gasteiger partial charge in [-0.1, -0.05) is 18.2 Å². The number of nitrogens with zero attached hydrogens (tertiary/aromatic N) is 2. The van der Waals surface area contributed by atoms with Crippen LogP contribution in [-0.4, -0.2) is 41.0 Å². The summed E-state index contributed by atoms with van der Waals surface area (Å²) in [5, 5.41) is 3.39. The van der Waals surface area contributed by atoms with Crippen molar-refractivity contribution < 1.29 is 9.21 Å². The Morgan fingerprint density at radius 1 is 1.28 bits per heavy atom. The van der Waals surface area contributed by atoms with Gasteiger partial charge < -0.3 is 14.6 Å². The first-order valence-corrected chi connectivity index (χ1v) is 8.11. The van der Waals surface area contributed by atoms with Crippen molar-refractivity contribution in [2.75, 3.05) is 13.1 Å². The standard InChI is InChI=1S/C18H23N3O2.2ClH/c1-12-13(2)21(10-9-19-12)17(22)11-16-14(3)23-18(20-16)15-7-5-4-6-8-15;;/h4-8,12-13,19H,9-11H2,1-3H3;2*1H. The van der Waals surface area contributed by atoms with Crippen molar-refractivity contribution in [3.63, 3.8) is 0 Å². The van der Waals surface area contributed by atoms with E-state index in [1.165, 1.54) is 0 Å². The number of nitrogens with one attached hydrogen (secondary N) is 1. The van der Waals surface area contributed by atoms with Gasteiger partial charge in [0.25, 0.3) is 0 Å². The number of hydrogen-bond donors (Lipinski definition) is 1. The molecule has 1 aromatic heterocycles. The van der Waals surface area contributed by atoms with E-state index in [-0.39, 0.29) is 36.8 Å². The van der Waals surface area contributed by atoms with Gasteiger partial charge in [-0.25, -0.2) is 4.98 Å². The van der Waals surface area contributed by atoms with Gasteiger partial charge in [0.1, 0.15) is 5.76 Å². The second-order valence-electron chi connectivity index (χ2n) is 6.14. The van der Waals surface area contributed by atoms with Crippen LogP contribution in [0, 0.1) is 6.92 Å². The predicted octanol–water partition coefficient (Wildman–Crippen LogP) is 3.24. The summed E-state index contributed by atoms with van der Waals surface area (Å²) in [7, 11) is 0. The summed E-state index contributed by atoms with van der Waals surface area (Å²) in [6.07, 6.45) is 0.291. The van der Waals surface area contributed by atoms with Gasteiger partial charge in [0.15, 0.2) is 0 Å². The first-order valence-electron chi connectivity index (χ1n) is 8.11. The number of benzene rings is 1. The topological polar surface area (TPSA) is 58.4 Å². The highest BCUT2D eigenvalue weighted by molar-refractivity contribution is 5.85. The first-order chi connectivity index (χ1) is 11.1. The van der Waals surface area contributed by atoms with E-state index in [0.29, 0.717) is 24.1 Å². The van der Waals surface area contributed by atoms with Gasteiger partial charge in [-0.05, 0) is 32.9 Å². The van der Waals surface area contributed by atoms with Gasteiger partial charge in [-0.15, -0.1) is 24.8 Å². The molecule has 5 nitrogen and oxygen atoms in total. The summed E-state index contributed by atoms with van der Waals surface area (Å²) >= 11 is 0. The first kappa shape index (κ1) is 21.5. The number of oxazole rings is 1.